The van der Waals surface area contributed by atoms with Crippen LogP contribution in [0.15, 0.2) is 60.8 Å². The third-order valence-electron chi connectivity index (χ3n) is 4.27. The van der Waals surface area contributed by atoms with Crippen molar-refractivity contribution in [2.24, 2.45) is 0 Å². The molecular weight excluding hydrogens is 258 g/mol. The summed E-state index contributed by atoms with van der Waals surface area (Å²) in [5, 5.41) is 6.90. The van der Waals surface area contributed by atoms with Crippen LogP contribution in [0.1, 0.15) is 11.7 Å². The molecule has 1 aromatic heterocycles. The first-order valence-electron chi connectivity index (χ1n) is 7.12. The maximum Gasteiger partial charge on any atom is 0.151 e. The molecule has 0 spiro atoms. The highest BCUT2D eigenvalue weighted by atomic mass is 15.2. The normalized spacial score (nSPS) is 16.9. The van der Waals surface area contributed by atoms with Gasteiger partial charge < -0.3 is 10.6 Å². The fourth-order valence-corrected chi connectivity index (χ4v) is 3.22. The molecule has 1 aliphatic carbocycles. The largest absolute Gasteiger partial charge is 0.359 e. The molecule has 3 aromatic rings. The molecule has 1 atom stereocenters. The monoisotopic (exact) mass is 271 g/mol. The quantitative estimate of drug-likeness (QED) is 0.543. The van der Waals surface area contributed by atoms with Gasteiger partial charge >= 0.3 is 0 Å². The summed E-state index contributed by atoms with van der Waals surface area (Å²) >= 11 is 0. The lowest BCUT2D eigenvalue weighted by Crippen LogP contribution is -2.13. The smallest absolute Gasteiger partial charge is 0.151 e. The van der Waals surface area contributed by atoms with E-state index in [9.17, 15) is 0 Å². The Morgan fingerprint density at radius 1 is 0.762 bits per heavy atom. The van der Waals surface area contributed by atoms with Gasteiger partial charge in [0.15, 0.2) is 5.82 Å². The highest BCUT2D eigenvalue weighted by Crippen LogP contribution is 2.48. The summed E-state index contributed by atoms with van der Waals surface area (Å²) in [7, 11) is 0. The van der Waals surface area contributed by atoms with Crippen molar-refractivity contribution in [3.05, 3.63) is 66.4 Å². The Bertz CT molecular complexity index is 845. The Morgan fingerprint density at radius 3 is 2.43 bits per heavy atom. The van der Waals surface area contributed by atoms with Gasteiger partial charge in [0, 0.05) is 6.20 Å². The molecule has 0 radical (unpaired) electrons. The summed E-state index contributed by atoms with van der Waals surface area (Å²) in [5.74, 6) is 0.922. The second kappa shape index (κ2) is 3.85. The van der Waals surface area contributed by atoms with E-state index < -0.39 is 0 Å². The maximum absolute atomic E-state index is 4.35. The van der Waals surface area contributed by atoms with Gasteiger partial charge in [-0.25, -0.2) is 4.98 Å². The molecular formula is C18H13N3. The van der Waals surface area contributed by atoms with E-state index in [0.29, 0.717) is 0 Å². The van der Waals surface area contributed by atoms with Crippen LogP contribution in [0.4, 0.5) is 11.5 Å². The minimum Gasteiger partial charge on any atom is -0.359 e. The van der Waals surface area contributed by atoms with Gasteiger partial charge in [-0.2, -0.15) is 0 Å². The van der Waals surface area contributed by atoms with Gasteiger partial charge in [-0.15, -0.1) is 0 Å². The number of pyridine rings is 1. The minimum atomic E-state index is 0.0907. The molecule has 0 bridgehead atoms. The fourth-order valence-electron chi connectivity index (χ4n) is 3.22. The van der Waals surface area contributed by atoms with Crippen molar-refractivity contribution in [3.63, 3.8) is 0 Å². The van der Waals surface area contributed by atoms with Gasteiger partial charge in [0.25, 0.3) is 0 Å². The van der Waals surface area contributed by atoms with Crippen LogP contribution in [0, 0.1) is 0 Å². The number of fused-ring (bicyclic) bond motifs is 5. The molecule has 1 unspecified atom stereocenters. The minimum absolute atomic E-state index is 0.0907. The number of anilines is 2. The van der Waals surface area contributed by atoms with Gasteiger partial charge in [-0.1, -0.05) is 36.4 Å². The molecule has 0 amide bonds. The van der Waals surface area contributed by atoms with E-state index in [2.05, 4.69) is 58.1 Å². The van der Waals surface area contributed by atoms with Gasteiger partial charge in [0.1, 0.15) is 6.17 Å². The summed E-state index contributed by atoms with van der Waals surface area (Å²) in [4.78, 5) is 4.35. The molecule has 2 aromatic carbocycles. The molecule has 2 aliphatic rings. The predicted octanol–water partition coefficient (Wildman–Crippen LogP) is 4.27. The first kappa shape index (κ1) is 10.9. The topological polar surface area (TPSA) is 37.0 Å². The Kier molecular flexibility index (Phi) is 2.00. The molecule has 1 aliphatic heterocycles. The summed E-state index contributed by atoms with van der Waals surface area (Å²) in [6, 6.07) is 19.2. The molecule has 0 saturated heterocycles. The average Bonchev–Trinajstić information content (AvgIpc) is 2.96. The van der Waals surface area contributed by atoms with E-state index in [4.69, 9.17) is 0 Å². The maximum atomic E-state index is 4.35. The van der Waals surface area contributed by atoms with Crippen molar-refractivity contribution < 1.29 is 0 Å². The van der Waals surface area contributed by atoms with Crippen molar-refractivity contribution in [2.45, 2.75) is 6.17 Å². The van der Waals surface area contributed by atoms with Crippen LogP contribution in [0.5, 0.6) is 0 Å². The number of nitrogens with zero attached hydrogens (tertiary/aromatic N) is 1. The Balaban J connectivity index is 1.52. The first-order chi connectivity index (χ1) is 10.4. The molecule has 5 rings (SSSR count). The van der Waals surface area contributed by atoms with Crippen molar-refractivity contribution in [1.29, 1.82) is 0 Å². The number of hydrogen-bond donors (Lipinski definition) is 2. The lowest BCUT2D eigenvalue weighted by atomic mass is 9.80. The van der Waals surface area contributed by atoms with Crippen LogP contribution in [0.3, 0.4) is 0 Å². The second-order valence-electron chi connectivity index (χ2n) is 5.47. The molecule has 0 saturated carbocycles. The van der Waals surface area contributed by atoms with E-state index in [1.807, 2.05) is 18.3 Å². The fraction of sp³-hybridized carbons (Fsp3) is 0.0556. The second-order valence-corrected chi connectivity index (χ2v) is 5.47. The van der Waals surface area contributed by atoms with Gasteiger partial charge in [-0.05, 0) is 46.0 Å². The van der Waals surface area contributed by atoms with Crippen LogP contribution < -0.4 is 10.6 Å². The van der Waals surface area contributed by atoms with Crippen molar-refractivity contribution in [2.75, 3.05) is 10.6 Å². The molecule has 3 nitrogen and oxygen atoms in total. The highest BCUT2D eigenvalue weighted by molar-refractivity contribution is 6.02. The van der Waals surface area contributed by atoms with Gasteiger partial charge in [-0.3, -0.25) is 0 Å². The molecule has 3 heteroatoms. The predicted molar refractivity (Wildman–Crippen MR) is 85.1 cm³/mol. The van der Waals surface area contributed by atoms with Crippen LogP contribution in [-0.2, 0) is 0 Å². The standard InChI is InChI=1S/C18H13N3/c1-2-5-13-12(4-1)14-8-7-11(10-15(13)14)17-20-16-6-3-9-19-18(16)21-17/h1-10,17,20H,(H,19,21). The van der Waals surface area contributed by atoms with Crippen molar-refractivity contribution >= 4 is 11.5 Å². The first-order valence-corrected chi connectivity index (χ1v) is 7.12. The average molecular weight is 271 g/mol. The third-order valence-corrected chi connectivity index (χ3v) is 4.27. The van der Waals surface area contributed by atoms with Gasteiger partial charge in [0.05, 0.1) is 5.69 Å². The van der Waals surface area contributed by atoms with E-state index in [0.717, 1.165) is 11.5 Å². The third kappa shape index (κ3) is 1.46. The molecule has 0 fully saturated rings. The van der Waals surface area contributed by atoms with Crippen LogP contribution in [0.25, 0.3) is 22.3 Å². The highest BCUT2D eigenvalue weighted by Gasteiger charge is 2.26. The van der Waals surface area contributed by atoms with Crippen molar-refractivity contribution in [1.82, 2.24) is 4.98 Å². The van der Waals surface area contributed by atoms with Crippen molar-refractivity contribution in [3.8, 4) is 22.3 Å². The number of benzene rings is 2. The van der Waals surface area contributed by atoms with Crippen LogP contribution in [-0.4, -0.2) is 4.98 Å². The number of rotatable bonds is 1. The Labute approximate surface area is 122 Å². The van der Waals surface area contributed by atoms with E-state index >= 15 is 0 Å². The number of hydrogen-bond acceptors (Lipinski definition) is 3. The lowest BCUT2D eigenvalue weighted by Gasteiger charge is -2.25. The molecule has 2 heterocycles. The summed E-state index contributed by atoms with van der Waals surface area (Å²) < 4.78 is 0. The Hall–Kier alpha value is -2.81. The van der Waals surface area contributed by atoms with E-state index in [1.54, 1.807) is 0 Å². The summed E-state index contributed by atoms with van der Waals surface area (Å²) in [6.07, 6.45) is 1.90. The number of nitrogens with one attached hydrogen (secondary N) is 2. The zero-order valence-corrected chi connectivity index (χ0v) is 11.3. The summed E-state index contributed by atoms with van der Waals surface area (Å²) in [6.45, 7) is 0. The van der Waals surface area contributed by atoms with Gasteiger partial charge in [0.2, 0.25) is 0 Å². The number of aromatic nitrogens is 1. The zero-order valence-electron chi connectivity index (χ0n) is 11.3. The van der Waals surface area contributed by atoms with E-state index in [-0.39, 0.29) is 6.17 Å². The lowest BCUT2D eigenvalue weighted by molar-refractivity contribution is 0.936. The SMILES string of the molecule is c1cnc2c(c1)NC(c1ccc3c(c1)-c1ccccc1-3)N2. The van der Waals surface area contributed by atoms with Crippen LogP contribution in [0.2, 0.25) is 0 Å². The molecule has 21 heavy (non-hydrogen) atoms. The molecule has 100 valence electrons. The van der Waals surface area contributed by atoms with E-state index in [1.165, 1.54) is 27.8 Å². The summed E-state index contributed by atoms with van der Waals surface area (Å²) in [5.41, 5.74) is 7.70. The zero-order chi connectivity index (χ0) is 13.8. The molecule has 2 N–H and O–H groups in total. The Morgan fingerprint density at radius 2 is 1.57 bits per heavy atom. The van der Waals surface area contributed by atoms with Crippen LogP contribution >= 0.6 is 0 Å².